The predicted octanol–water partition coefficient (Wildman–Crippen LogP) is 2.08. The van der Waals surface area contributed by atoms with Crippen LogP contribution in [0.4, 0.5) is 0 Å². The van der Waals surface area contributed by atoms with E-state index in [9.17, 15) is 13.2 Å². The van der Waals surface area contributed by atoms with Gasteiger partial charge in [0.1, 0.15) is 0 Å². The van der Waals surface area contributed by atoms with Crippen LogP contribution in [0.25, 0.3) is 0 Å². The van der Waals surface area contributed by atoms with Crippen molar-refractivity contribution in [3.05, 3.63) is 47.0 Å². The van der Waals surface area contributed by atoms with Gasteiger partial charge in [0.15, 0.2) is 0 Å². The minimum absolute atomic E-state index is 0.0343. The minimum Gasteiger partial charge on any atom is -0.268 e. The van der Waals surface area contributed by atoms with Gasteiger partial charge in [-0.2, -0.15) is 0 Å². The van der Waals surface area contributed by atoms with E-state index in [1.165, 1.54) is 0 Å². The molecule has 0 spiro atoms. The van der Waals surface area contributed by atoms with Crippen LogP contribution in [0.15, 0.2) is 41.5 Å². The lowest BCUT2D eigenvalue weighted by Crippen LogP contribution is -2.32. The number of sulfonamides is 1. The van der Waals surface area contributed by atoms with Gasteiger partial charge >= 0.3 is 0 Å². The van der Waals surface area contributed by atoms with Crippen molar-refractivity contribution >= 4 is 27.5 Å². The summed E-state index contributed by atoms with van der Waals surface area (Å²) in [5.74, 6) is -0.487. The van der Waals surface area contributed by atoms with Gasteiger partial charge in [-0.15, -0.1) is 11.6 Å². The number of carbonyl (C=O) groups is 1. The first-order chi connectivity index (χ1) is 8.82. The number of amides is 1. The maximum absolute atomic E-state index is 11.9. The monoisotopic (exact) mass is 299 g/mol. The number of rotatable bonds is 3. The average Bonchev–Trinajstić information content (AvgIpc) is 2.66. The van der Waals surface area contributed by atoms with Gasteiger partial charge in [0.05, 0.1) is 18.2 Å². The summed E-state index contributed by atoms with van der Waals surface area (Å²) in [6.45, 7) is 1.65. The highest BCUT2D eigenvalue weighted by Gasteiger charge is 2.36. The molecule has 102 valence electrons. The second kappa shape index (κ2) is 4.98. The zero-order chi connectivity index (χ0) is 14.2. The SMILES string of the molecule is CC1=C(C(Cl)c2ccccc2)CN(S(C)(=O)=O)C1=O. The summed E-state index contributed by atoms with van der Waals surface area (Å²) in [6.07, 6.45) is 1.02. The van der Waals surface area contributed by atoms with E-state index >= 15 is 0 Å². The minimum atomic E-state index is -3.55. The molecule has 6 heteroatoms. The van der Waals surface area contributed by atoms with Gasteiger partial charge in [0.2, 0.25) is 10.0 Å². The molecule has 1 heterocycles. The summed E-state index contributed by atoms with van der Waals surface area (Å²) in [5, 5.41) is -0.489. The van der Waals surface area contributed by atoms with Crippen LogP contribution < -0.4 is 0 Å². The smallest absolute Gasteiger partial charge is 0.263 e. The Morgan fingerprint density at radius 3 is 2.32 bits per heavy atom. The average molecular weight is 300 g/mol. The fourth-order valence-corrected chi connectivity index (χ4v) is 3.22. The maximum atomic E-state index is 11.9. The van der Waals surface area contributed by atoms with Crippen molar-refractivity contribution in [3.63, 3.8) is 0 Å². The maximum Gasteiger partial charge on any atom is 0.263 e. The summed E-state index contributed by atoms with van der Waals surface area (Å²) in [5.41, 5.74) is 1.90. The molecule has 0 N–H and O–H groups in total. The van der Waals surface area contributed by atoms with E-state index < -0.39 is 21.3 Å². The first-order valence-corrected chi connectivity index (χ1v) is 8.01. The first-order valence-electron chi connectivity index (χ1n) is 5.73. The quantitative estimate of drug-likeness (QED) is 0.803. The number of carbonyl (C=O) groups excluding carboxylic acids is 1. The number of halogens is 1. The van der Waals surface area contributed by atoms with Gasteiger partial charge in [0.25, 0.3) is 5.91 Å². The Bertz CT molecular complexity index is 637. The highest BCUT2D eigenvalue weighted by atomic mass is 35.5. The molecule has 0 aliphatic carbocycles. The number of benzene rings is 1. The zero-order valence-corrected chi connectivity index (χ0v) is 12.2. The molecule has 2 rings (SSSR count). The van der Waals surface area contributed by atoms with Crippen molar-refractivity contribution < 1.29 is 13.2 Å². The van der Waals surface area contributed by atoms with Crippen LogP contribution in [0, 0.1) is 0 Å². The van der Waals surface area contributed by atoms with Crippen molar-refractivity contribution in [2.45, 2.75) is 12.3 Å². The molecule has 0 aromatic heterocycles. The van der Waals surface area contributed by atoms with Gasteiger partial charge in [0, 0.05) is 5.57 Å². The third kappa shape index (κ3) is 2.67. The van der Waals surface area contributed by atoms with Crippen LogP contribution in [-0.4, -0.2) is 31.4 Å². The molecule has 0 fully saturated rings. The number of alkyl halides is 1. The molecule has 1 amide bonds. The molecule has 1 atom stereocenters. The highest BCUT2D eigenvalue weighted by molar-refractivity contribution is 7.88. The second-order valence-corrected chi connectivity index (χ2v) is 6.84. The third-order valence-corrected chi connectivity index (χ3v) is 4.75. The number of nitrogens with zero attached hydrogens (tertiary/aromatic N) is 1. The first kappa shape index (κ1) is 14.1. The van der Waals surface area contributed by atoms with Crippen LogP contribution >= 0.6 is 11.6 Å². The molecular formula is C13H14ClNO3S. The normalized spacial score (nSPS) is 18.1. The van der Waals surface area contributed by atoms with Gasteiger partial charge in [-0.25, -0.2) is 12.7 Å². The zero-order valence-electron chi connectivity index (χ0n) is 10.6. The predicted molar refractivity (Wildman–Crippen MR) is 74.3 cm³/mol. The molecule has 1 aromatic rings. The summed E-state index contributed by atoms with van der Waals surface area (Å²) >= 11 is 6.36. The standard InChI is InChI=1S/C13H14ClNO3S/c1-9-11(8-15(13(9)16)19(2,17)18)12(14)10-6-4-3-5-7-10/h3-7,12H,8H2,1-2H3. The van der Waals surface area contributed by atoms with Gasteiger partial charge in [-0.3, -0.25) is 4.79 Å². The molecule has 0 saturated heterocycles. The lowest BCUT2D eigenvalue weighted by atomic mass is 10.0. The fourth-order valence-electron chi connectivity index (χ4n) is 2.03. The third-order valence-electron chi connectivity index (χ3n) is 3.14. The molecule has 0 bridgehead atoms. The van der Waals surface area contributed by atoms with Crippen molar-refractivity contribution in [1.29, 1.82) is 0 Å². The summed E-state index contributed by atoms with van der Waals surface area (Å²) < 4.78 is 23.9. The van der Waals surface area contributed by atoms with Crippen molar-refractivity contribution in [2.75, 3.05) is 12.8 Å². The van der Waals surface area contributed by atoms with Gasteiger partial charge < -0.3 is 0 Å². The van der Waals surface area contributed by atoms with E-state index in [-0.39, 0.29) is 6.54 Å². The fraction of sp³-hybridized carbons (Fsp3) is 0.308. The Labute approximate surface area is 117 Å². The van der Waals surface area contributed by atoms with Crippen LogP contribution in [0.3, 0.4) is 0 Å². The molecule has 4 nitrogen and oxygen atoms in total. The molecule has 1 aliphatic heterocycles. The van der Waals surface area contributed by atoms with Crippen LogP contribution in [-0.2, 0) is 14.8 Å². The van der Waals surface area contributed by atoms with E-state index in [0.29, 0.717) is 11.1 Å². The molecule has 0 radical (unpaired) electrons. The van der Waals surface area contributed by atoms with Gasteiger partial charge in [-0.05, 0) is 18.1 Å². The van der Waals surface area contributed by atoms with E-state index in [0.717, 1.165) is 16.1 Å². The van der Waals surface area contributed by atoms with Crippen LogP contribution in [0.5, 0.6) is 0 Å². The lowest BCUT2D eigenvalue weighted by molar-refractivity contribution is -0.121. The highest BCUT2D eigenvalue weighted by Crippen LogP contribution is 2.35. The molecule has 0 saturated carbocycles. The molecular weight excluding hydrogens is 286 g/mol. The number of hydrogen-bond acceptors (Lipinski definition) is 3. The molecule has 1 aliphatic rings. The van der Waals surface area contributed by atoms with Crippen molar-refractivity contribution in [2.24, 2.45) is 0 Å². The van der Waals surface area contributed by atoms with E-state index in [1.54, 1.807) is 6.92 Å². The van der Waals surface area contributed by atoms with Crippen LogP contribution in [0.2, 0.25) is 0 Å². The van der Waals surface area contributed by atoms with Gasteiger partial charge in [-0.1, -0.05) is 30.3 Å². The molecule has 1 aromatic carbocycles. The lowest BCUT2D eigenvalue weighted by Gasteiger charge is -2.15. The Morgan fingerprint density at radius 1 is 1.26 bits per heavy atom. The van der Waals surface area contributed by atoms with E-state index in [4.69, 9.17) is 11.6 Å². The van der Waals surface area contributed by atoms with E-state index in [1.807, 2.05) is 30.3 Å². The van der Waals surface area contributed by atoms with E-state index in [2.05, 4.69) is 0 Å². The summed E-state index contributed by atoms with van der Waals surface area (Å²) in [7, 11) is -3.55. The Kier molecular flexibility index (Phi) is 3.69. The molecule has 19 heavy (non-hydrogen) atoms. The second-order valence-electron chi connectivity index (χ2n) is 4.50. The number of hydrogen-bond donors (Lipinski definition) is 0. The molecule has 1 unspecified atom stereocenters. The largest absolute Gasteiger partial charge is 0.268 e. The van der Waals surface area contributed by atoms with Crippen molar-refractivity contribution in [1.82, 2.24) is 4.31 Å². The Hall–Kier alpha value is -1.33. The summed E-state index contributed by atoms with van der Waals surface area (Å²) in [6, 6.07) is 9.28. The Balaban J connectivity index is 2.34. The topological polar surface area (TPSA) is 54.5 Å². The summed E-state index contributed by atoms with van der Waals surface area (Å²) in [4.78, 5) is 11.9. The Morgan fingerprint density at radius 2 is 1.84 bits per heavy atom. The van der Waals surface area contributed by atoms with Crippen molar-refractivity contribution in [3.8, 4) is 0 Å². The van der Waals surface area contributed by atoms with Crippen LogP contribution in [0.1, 0.15) is 17.9 Å².